The third-order valence-corrected chi connectivity index (χ3v) is 5.56. The molecule has 2 atom stereocenters. The molecular weight excluding hydrogens is 288 g/mol. The number of nitrogens with two attached hydrogens (primary N) is 1. The van der Waals surface area contributed by atoms with Crippen molar-refractivity contribution in [3.63, 3.8) is 0 Å². The quantitative estimate of drug-likeness (QED) is 0.912. The second-order valence-corrected chi connectivity index (χ2v) is 8.18. The lowest BCUT2D eigenvalue weighted by Gasteiger charge is -2.34. The lowest BCUT2D eigenvalue weighted by atomic mass is 9.92. The molecule has 1 aromatic heterocycles. The summed E-state index contributed by atoms with van der Waals surface area (Å²) in [6.07, 6.45) is 2.59. The normalized spacial score (nSPS) is 22.4. The molecule has 0 amide bonds. The molecule has 2 rings (SSSR count). The third kappa shape index (κ3) is 4.73. The highest BCUT2D eigenvalue weighted by Gasteiger charge is 2.23. The molecule has 0 aliphatic carbocycles. The minimum absolute atomic E-state index is 0. The number of nitrogens with zero attached hydrogens (tertiary/aromatic N) is 1. The van der Waals surface area contributed by atoms with Crippen LogP contribution in [0.2, 0.25) is 0 Å². The molecule has 2 nitrogen and oxygen atoms in total. The summed E-state index contributed by atoms with van der Waals surface area (Å²) in [5.41, 5.74) is 6.34. The van der Waals surface area contributed by atoms with Gasteiger partial charge >= 0.3 is 0 Å². The molecule has 0 aromatic carbocycles. The van der Waals surface area contributed by atoms with Crippen LogP contribution >= 0.6 is 23.7 Å². The third-order valence-electron chi connectivity index (χ3n) is 4.07. The van der Waals surface area contributed by atoms with E-state index in [9.17, 15) is 0 Å². The Morgan fingerprint density at radius 3 is 2.65 bits per heavy atom. The lowest BCUT2D eigenvalue weighted by Crippen LogP contribution is -2.41. The fourth-order valence-corrected chi connectivity index (χ4v) is 3.86. The van der Waals surface area contributed by atoms with Crippen molar-refractivity contribution in [1.29, 1.82) is 0 Å². The second-order valence-electron chi connectivity index (χ2n) is 7.01. The molecule has 20 heavy (non-hydrogen) atoms. The van der Waals surface area contributed by atoms with Crippen molar-refractivity contribution >= 4 is 23.7 Å². The van der Waals surface area contributed by atoms with Gasteiger partial charge in [0.15, 0.2) is 0 Å². The predicted molar refractivity (Wildman–Crippen MR) is 91.9 cm³/mol. The number of thiophene rings is 1. The molecule has 116 valence electrons. The smallest absolute Gasteiger partial charge is 0.0328 e. The van der Waals surface area contributed by atoms with E-state index < -0.39 is 0 Å². The van der Waals surface area contributed by atoms with Gasteiger partial charge < -0.3 is 5.73 Å². The monoisotopic (exact) mass is 316 g/mol. The van der Waals surface area contributed by atoms with Crippen molar-refractivity contribution < 1.29 is 0 Å². The number of hydrogen-bond acceptors (Lipinski definition) is 3. The topological polar surface area (TPSA) is 29.3 Å². The fourth-order valence-electron chi connectivity index (χ4n) is 2.75. The van der Waals surface area contributed by atoms with Crippen LogP contribution in [0.15, 0.2) is 12.1 Å². The summed E-state index contributed by atoms with van der Waals surface area (Å²) in [6, 6.07) is 4.93. The molecule has 0 bridgehead atoms. The van der Waals surface area contributed by atoms with Crippen molar-refractivity contribution in [3.8, 4) is 0 Å². The van der Waals surface area contributed by atoms with Crippen LogP contribution in [0, 0.1) is 5.92 Å². The van der Waals surface area contributed by atoms with E-state index in [1.165, 1.54) is 35.7 Å². The Bertz CT molecular complexity index is 409. The van der Waals surface area contributed by atoms with Crippen LogP contribution < -0.4 is 5.73 Å². The maximum absolute atomic E-state index is 6.06. The van der Waals surface area contributed by atoms with Crippen LogP contribution in [0.1, 0.15) is 50.3 Å². The van der Waals surface area contributed by atoms with Gasteiger partial charge in [0.05, 0.1) is 0 Å². The highest BCUT2D eigenvalue weighted by Crippen LogP contribution is 2.30. The minimum atomic E-state index is 0. The Morgan fingerprint density at radius 2 is 2.10 bits per heavy atom. The maximum Gasteiger partial charge on any atom is 0.0328 e. The molecule has 1 saturated heterocycles. The Balaban J connectivity index is 0.00000200. The van der Waals surface area contributed by atoms with Gasteiger partial charge in [-0.25, -0.2) is 0 Å². The molecule has 2 heterocycles. The number of piperidine rings is 1. The van der Waals surface area contributed by atoms with Crippen LogP contribution in [0.25, 0.3) is 0 Å². The van der Waals surface area contributed by atoms with Gasteiger partial charge in [-0.2, -0.15) is 0 Å². The summed E-state index contributed by atoms with van der Waals surface area (Å²) in [5, 5.41) is 0. The van der Waals surface area contributed by atoms with E-state index in [2.05, 4.69) is 44.7 Å². The molecule has 1 aromatic rings. The van der Waals surface area contributed by atoms with Crippen LogP contribution in [0.4, 0.5) is 0 Å². The average molecular weight is 317 g/mol. The van der Waals surface area contributed by atoms with E-state index in [-0.39, 0.29) is 17.8 Å². The summed E-state index contributed by atoms with van der Waals surface area (Å²) in [7, 11) is 0. The van der Waals surface area contributed by atoms with E-state index in [0.717, 1.165) is 6.54 Å². The Hall–Kier alpha value is -0.0900. The number of hydrogen-bond donors (Lipinski definition) is 1. The number of rotatable bonds is 3. The predicted octanol–water partition coefficient (Wildman–Crippen LogP) is 4.03. The lowest BCUT2D eigenvalue weighted by molar-refractivity contribution is 0.155. The van der Waals surface area contributed by atoms with Gasteiger partial charge in [0.25, 0.3) is 0 Å². The summed E-state index contributed by atoms with van der Waals surface area (Å²) in [5.74, 6) is 0.677. The largest absolute Gasteiger partial charge is 0.328 e. The van der Waals surface area contributed by atoms with E-state index in [0.29, 0.717) is 12.0 Å². The Kier molecular flexibility index (Phi) is 6.52. The van der Waals surface area contributed by atoms with Gasteiger partial charge in [-0.3, -0.25) is 4.90 Å². The maximum atomic E-state index is 6.06. The van der Waals surface area contributed by atoms with Crippen LogP contribution in [0.5, 0.6) is 0 Å². The first kappa shape index (κ1) is 18.0. The molecule has 2 unspecified atom stereocenters. The van der Waals surface area contributed by atoms with Gasteiger partial charge in [0, 0.05) is 28.9 Å². The first-order chi connectivity index (χ1) is 8.86. The number of halogens is 1. The highest BCUT2D eigenvalue weighted by molar-refractivity contribution is 7.12. The van der Waals surface area contributed by atoms with Gasteiger partial charge in [-0.1, -0.05) is 20.8 Å². The van der Waals surface area contributed by atoms with Crippen molar-refractivity contribution in [3.05, 3.63) is 21.9 Å². The summed E-state index contributed by atoms with van der Waals surface area (Å²) >= 11 is 1.97. The fraction of sp³-hybridized carbons (Fsp3) is 0.750. The van der Waals surface area contributed by atoms with Crippen LogP contribution in [-0.2, 0) is 12.0 Å². The standard InChI is InChI=1S/C16H28N2S.ClH/c1-12(17)13-6-5-9-18(10-13)11-14-7-8-15(19-14)16(2,3)4;/h7-8,12-13H,5-6,9-11,17H2,1-4H3;1H. The summed E-state index contributed by atoms with van der Waals surface area (Å²) < 4.78 is 0. The Labute approximate surface area is 134 Å². The van der Waals surface area contributed by atoms with Crippen molar-refractivity contribution in [2.75, 3.05) is 13.1 Å². The zero-order valence-electron chi connectivity index (χ0n) is 13.2. The van der Waals surface area contributed by atoms with Crippen molar-refractivity contribution in [2.24, 2.45) is 11.7 Å². The summed E-state index contributed by atoms with van der Waals surface area (Å²) in [6.45, 7) is 12.5. The first-order valence-corrected chi connectivity index (χ1v) is 8.25. The molecule has 2 N–H and O–H groups in total. The molecule has 4 heteroatoms. The Morgan fingerprint density at radius 1 is 1.40 bits per heavy atom. The van der Waals surface area contributed by atoms with Crippen LogP contribution in [-0.4, -0.2) is 24.0 Å². The van der Waals surface area contributed by atoms with Gasteiger partial charge in [0.2, 0.25) is 0 Å². The van der Waals surface area contributed by atoms with Gasteiger partial charge in [-0.05, 0) is 49.8 Å². The summed E-state index contributed by atoms with van der Waals surface area (Å²) in [4.78, 5) is 5.56. The minimum Gasteiger partial charge on any atom is -0.328 e. The SMILES string of the molecule is CC(N)C1CCCN(Cc2ccc(C(C)(C)C)s2)C1.Cl. The highest BCUT2D eigenvalue weighted by atomic mass is 35.5. The van der Waals surface area contributed by atoms with E-state index in [4.69, 9.17) is 5.73 Å². The van der Waals surface area contributed by atoms with Crippen LogP contribution in [0.3, 0.4) is 0 Å². The van der Waals surface area contributed by atoms with E-state index in [1.54, 1.807) is 0 Å². The average Bonchev–Trinajstić information content (AvgIpc) is 2.77. The molecule has 1 fully saturated rings. The molecular formula is C16H29ClN2S. The first-order valence-electron chi connectivity index (χ1n) is 7.43. The van der Waals surface area contributed by atoms with E-state index >= 15 is 0 Å². The molecule has 0 saturated carbocycles. The molecule has 0 radical (unpaired) electrons. The zero-order valence-corrected chi connectivity index (χ0v) is 14.8. The molecule has 0 spiro atoms. The van der Waals surface area contributed by atoms with Crippen molar-refractivity contribution in [1.82, 2.24) is 4.90 Å². The zero-order chi connectivity index (χ0) is 14.0. The number of likely N-dealkylation sites (tertiary alicyclic amines) is 1. The second kappa shape index (κ2) is 7.26. The van der Waals surface area contributed by atoms with Gasteiger partial charge in [-0.15, -0.1) is 23.7 Å². The van der Waals surface area contributed by atoms with E-state index in [1.807, 2.05) is 11.3 Å². The molecule has 1 aliphatic rings. The van der Waals surface area contributed by atoms with Gasteiger partial charge in [0.1, 0.15) is 0 Å². The molecule has 1 aliphatic heterocycles. The van der Waals surface area contributed by atoms with Crippen molar-refractivity contribution in [2.45, 2.75) is 58.5 Å².